The molecule has 1 aliphatic carbocycles. The highest BCUT2D eigenvalue weighted by atomic mass is 32.2. The summed E-state index contributed by atoms with van der Waals surface area (Å²) < 4.78 is 5.17. The van der Waals surface area contributed by atoms with Crippen LogP contribution in [0.5, 0.6) is 5.75 Å². The third-order valence-corrected chi connectivity index (χ3v) is 5.23. The standard InChI is InChI=1S/C19H20N2O4S/c1-25-17-8-2-14(3-9-17)12-20(15-4-5-15)19(22)13-26-18-10-6-16(7-11-18)21(23)24/h2-3,6-11,15H,4-5,12-13H2,1H3. The maximum absolute atomic E-state index is 12.7. The molecule has 0 atom stereocenters. The molecule has 1 saturated carbocycles. The zero-order chi connectivity index (χ0) is 18.5. The van der Waals surface area contributed by atoms with Crippen molar-refractivity contribution in [1.82, 2.24) is 4.90 Å². The highest BCUT2D eigenvalue weighted by Crippen LogP contribution is 2.30. The Morgan fingerprint density at radius 3 is 2.38 bits per heavy atom. The maximum Gasteiger partial charge on any atom is 0.269 e. The van der Waals surface area contributed by atoms with Crippen LogP contribution in [0, 0.1) is 10.1 Å². The monoisotopic (exact) mass is 372 g/mol. The molecule has 0 bridgehead atoms. The minimum absolute atomic E-state index is 0.0554. The van der Waals surface area contributed by atoms with E-state index in [0.717, 1.165) is 29.1 Å². The number of hydrogen-bond acceptors (Lipinski definition) is 5. The zero-order valence-corrected chi connectivity index (χ0v) is 15.3. The van der Waals surface area contributed by atoms with Crippen LogP contribution in [0.15, 0.2) is 53.4 Å². The van der Waals surface area contributed by atoms with Crippen LogP contribution in [0.3, 0.4) is 0 Å². The Morgan fingerprint density at radius 1 is 1.19 bits per heavy atom. The molecule has 6 nitrogen and oxygen atoms in total. The minimum Gasteiger partial charge on any atom is -0.497 e. The van der Waals surface area contributed by atoms with Crippen molar-refractivity contribution in [3.05, 3.63) is 64.2 Å². The smallest absolute Gasteiger partial charge is 0.269 e. The predicted molar refractivity (Wildman–Crippen MR) is 100 cm³/mol. The van der Waals surface area contributed by atoms with Crippen LogP contribution < -0.4 is 4.74 Å². The summed E-state index contributed by atoms with van der Waals surface area (Å²) in [5.41, 5.74) is 1.13. The Labute approximate surface area is 156 Å². The molecule has 3 rings (SSSR count). The first-order chi connectivity index (χ1) is 12.6. The summed E-state index contributed by atoms with van der Waals surface area (Å²) in [5, 5.41) is 10.7. The third-order valence-electron chi connectivity index (χ3n) is 4.23. The largest absolute Gasteiger partial charge is 0.497 e. The summed E-state index contributed by atoms with van der Waals surface area (Å²) in [6, 6.07) is 14.4. The van der Waals surface area contributed by atoms with Crippen molar-refractivity contribution in [2.75, 3.05) is 12.9 Å². The van der Waals surface area contributed by atoms with E-state index in [-0.39, 0.29) is 11.6 Å². The number of rotatable bonds is 8. The molecule has 0 unspecified atom stereocenters. The lowest BCUT2D eigenvalue weighted by molar-refractivity contribution is -0.384. The second kappa shape index (κ2) is 8.23. The number of amides is 1. The fourth-order valence-electron chi connectivity index (χ4n) is 2.63. The van der Waals surface area contributed by atoms with Gasteiger partial charge < -0.3 is 9.64 Å². The highest BCUT2D eigenvalue weighted by molar-refractivity contribution is 8.00. The molecule has 2 aromatic rings. The second-order valence-corrected chi connectivity index (χ2v) is 7.19. The molecule has 1 aliphatic rings. The van der Waals surface area contributed by atoms with Gasteiger partial charge in [-0.25, -0.2) is 0 Å². The number of hydrogen-bond donors (Lipinski definition) is 0. The van der Waals surface area contributed by atoms with E-state index in [1.807, 2.05) is 29.2 Å². The molecular weight excluding hydrogens is 352 g/mol. The van der Waals surface area contributed by atoms with Gasteiger partial charge in [-0.1, -0.05) is 12.1 Å². The van der Waals surface area contributed by atoms with Crippen molar-refractivity contribution in [3.63, 3.8) is 0 Å². The van der Waals surface area contributed by atoms with E-state index in [0.29, 0.717) is 18.3 Å². The molecule has 0 radical (unpaired) electrons. The van der Waals surface area contributed by atoms with Gasteiger partial charge in [-0.15, -0.1) is 11.8 Å². The Balaban J connectivity index is 1.59. The lowest BCUT2D eigenvalue weighted by Crippen LogP contribution is -2.33. The van der Waals surface area contributed by atoms with Crippen LogP contribution in [0.25, 0.3) is 0 Å². The summed E-state index contributed by atoms with van der Waals surface area (Å²) in [4.78, 5) is 25.7. The SMILES string of the molecule is COc1ccc(CN(C(=O)CSc2ccc([N+](=O)[O-])cc2)C2CC2)cc1. The lowest BCUT2D eigenvalue weighted by atomic mass is 10.2. The van der Waals surface area contributed by atoms with E-state index in [1.165, 1.54) is 23.9 Å². The van der Waals surface area contributed by atoms with Gasteiger partial charge in [-0.2, -0.15) is 0 Å². The number of ether oxygens (including phenoxy) is 1. The van der Waals surface area contributed by atoms with Gasteiger partial charge in [0, 0.05) is 29.6 Å². The normalized spacial score (nSPS) is 13.3. The number of benzene rings is 2. The Morgan fingerprint density at radius 2 is 1.85 bits per heavy atom. The third kappa shape index (κ3) is 4.76. The van der Waals surface area contributed by atoms with E-state index in [2.05, 4.69) is 0 Å². The van der Waals surface area contributed by atoms with Crippen LogP contribution in [-0.4, -0.2) is 34.6 Å². The van der Waals surface area contributed by atoms with E-state index in [4.69, 9.17) is 4.74 Å². The zero-order valence-electron chi connectivity index (χ0n) is 14.5. The summed E-state index contributed by atoms with van der Waals surface area (Å²) in [5.74, 6) is 1.21. The van der Waals surface area contributed by atoms with Gasteiger partial charge in [0.25, 0.3) is 5.69 Å². The molecule has 2 aromatic carbocycles. The molecule has 26 heavy (non-hydrogen) atoms. The predicted octanol–water partition coefficient (Wildman–Crippen LogP) is 3.89. The molecule has 0 aliphatic heterocycles. The minimum atomic E-state index is -0.427. The number of non-ortho nitro benzene ring substituents is 1. The molecule has 136 valence electrons. The number of nitro groups is 1. The molecule has 0 saturated heterocycles. The summed E-state index contributed by atoms with van der Waals surface area (Å²) in [6.07, 6.45) is 2.09. The first-order valence-electron chi connectivity index (χ1n) is 8.36. The average molecular weight is 372 g/mol. The van der Waals surface area contributed by atoms with Gasteiger partial charge >= 0.3 is 0 Å². The molecule has 0 aromatic heterocycles. The summed E-state index contributed by atoms with van der Waals surface area (Å²) >= 11 is 1.41. The van der Waals surface area contributed by atoms with Crippen molar-refractivity contribution in [3.8, 4) is 5.75 Å². The van der Waals surface area contributed by atoms with Crippen molar-refractivity contribution >= 4 is 23.4 Å². The quantitative estimate of drug-likeness (QED) is 0.399. The molecule has 0 spiro atoms. The number of methoxy groups -OCH3 is 1. The number of carbonyl (C=O) groups is 1. The van der Waals surface area contributed by atoms with Gasteiger partial charge in [-0.05, 0) is 42.7 Å². The van der Waals surface area contributed by atoms with Crippen LogP contribution >= 0.6 is 11.8 Å². The molecule has 0 heterocycles. The topological polar surface area (TPSA) is 72.7 Å². The van der Waals surface area contributed by atoms with Crippen LogP contribution in [0.2, 0.25) is 0 Å². The molecule has 0 N–H and O–H groups in total. The Hall–Kier alpha value is -2.54. The highest BCUT2D eigenvalue weighted by Gasteiger charge is 2.32. The van der Waals surface area contributed by atoms with Crippen molar-refractivity contribution in [2.45, 2.75) is 30.3 Å². The number of nitrogens with zero attached hydrogens (tertiary/aromatic N) is 2. The van der Waals surface area contributed by atoms with Gasteiger partial charge in [0.15, 0.2) is 0 Å². The molecule has 1 fully saturated rings. The second-order valence-electron chi connectivity index (χ2n) is 6.14. The molecule has 7 heteroatoms. The van der Waals surface area contributed by atoms with Crippen molar-refractivity contribution in [2.24, 2.45) is 0 Å². The first kappa shape index (κ1) is 18.3. The maximum atomic E-state index is 12.7. The van der Waals surface area contributed by atoms with Gasteiger partial charge in [0.05, 0.1) is 17.8 Å². The average Bonchev–Trinajstić information content (AvgIpc) is 3.50. The first-order valence-corrected chi connectivity index (χ1v) is 9.35. The van der Waals surface area contributed by atoms with Crippen LogP contribution in [-0.2, 0) is 11.3 Å². The lowest BCUT2D eigenvalue weighted by Gasteiger charge is -2.22. The van der Waals surface area contributed by atoms with E-state index < -0.39 is 4.92 Å². The Bertz CT molecular complexity index is 773. The van der Waals surface area contributed by atoms with Gasteiger partial charge in [-0.3, -0.25) is 14.9 Å². The van der Waals surface area contributed by atoms with E-state index in [9.17, 15) is 14.9 Å². The van der Waals surface area contributed by atoms with Crippen molar-refractivity contribution in [1.29, 1.82) is 0 Å². The molecular formula is C19H20N2O4S. The molecule has 1 amide bonds. The number of carbonyl (C=O) groups excluding carboxylic acids is 1. The van der Waals surface area contributed by atoms with Crippen LogP contribution in [0.1, 0.15) is 18.4 Å². The Kier molecular flexibility index (Phi) is 5.78. The van der Waals surface area contributed by atoms with Gasteiger partial charge in [0.1, 0.15) is 5.75 Å². The van der Waals surface area contributed by atoms with Crippen molar-refractivity contribution < 1.29 is 14.5 Å². The number of nitro benzene ring substituents is 1. The van der Waals surface area contributed by atoms with E-state index in [1.54, 1.807) is 19.2 Å². The van der Waals surface area contributed by atoms with E-state index >= 15 is 0 Å². The number of thioether (sulfide) groups is 1. The summed E-state index contributed by atoms with van der Waals surface area (Å²) in [7, 11) is 1.63. The van der Waals surface area contributed by atoms with Crippen LogP contribution in [0.4, 0.5) is 5.69 Å². The van der Waals surface area contributed by atoms with Gasteiger partial charge in [0.2, 0.25) is 5.91 Å². The fraction of sp³-hybridized carbons (Fsp3) is 0.316. The fourth-order valence-corrected chi connectivity index (χ4v) is 3.41. The summed E-state index contributed by atoms with van der Waals surface area (Å²) in [6.45, 7) is 0.592.